The largest absolute Gasteiger partial charge is 4.00 e. The van der Waals surface area contributed by atoms with Crippen molar-refractivity contribution in [3.63, 3.8) is 0 Å². The van der Waals surface area contributed by atoms with Crippen LogP contribution in [0.4, 0.5) is 0 Å². The maximum atomic E-state index is 8.03. The Hall–Kier alpha value is 0.253. The van der Waals surface area contributed by atoms with E-state index in [0.717, 1.165) is 12.8 Å². The first-order valence-electron chi connectivity index (χ1n) is 6.66. The van der Waals surface area contributed by atoms with Crippen molar-refractivity contribution in [3.8, 4) is 0 Å². The molecule has 0 atom stereocenters. The van der Waals surface area contributed by atoms with Gasteiger partial charge in [0.05, 0.1) is 0 Å². The van der Waals surface area contributed by atoms with Crippen LogP contribution in [0.5, 0.6) is 0 Å². The van der Waals surface area contributed by atoms with Crippen molar-refractivity contribution in [3.05, 3.63) is 48.4 Å². The Labute approximate surface area is 160 Å². The zero-order valence-electron chi connectivity index (χ0n) is 13.0. The van der Waals surface area contributed by atoms with E-state index in [9.17, 15) is 0 Å². The van der Waals surface area contributed by atoms with Gasteiger partial charge in [0.25, 0.3) is 0 Å². The summed E-state index contributed by atoms with van der Waals surface area (Å²) in [5.41, 5.74) is 2.83. The average molecular weight is 407 g/mol. The number of rotatable bonds is 3. The molecule has 0 heterocycles. The summed E-state index contributed by atoms with van der Waals surface area (Å²) >= 11 is 0. The monoisotopic (exact) mass is 404 g/mol. The number of aliphatic hydroxyl groups excluding tert-OH is 1. The van der Waals surface area contributed by atoms with Gasteiger partial charge in [-0.1, -0.05) is 38.8 Å². The van der Waals surface area contributed by atoms with Gasteiger partial charge in [0.2, 0.25) is 0 Å². The summed E-state index contributed by atoms with van der Waals surface area (Å²) in [7, 11) is 0. The van der Waals surface area contributed by atoms with Crippen LogP contribution in [0.25, 0.3) is 10.8 Å². The summed E-state index contributed by atoms with van der Waals surface area (Å²) < 4.78 is 0. The van der Waals surface area contributed by atoms with E-state index in [1.54, 1.807) is 0 Å². The maximum absolute atomic E-state index is 8.03. The Morgan fingerprint density at radius 2 is 1.86 bits per heavy atom. The van der Waals surface area contributed by atoms with Crippen molar-refractivity contribution in [2.24, 2.45) is 0 Å². The molecular formula is C17H24Cl2OZr. The molecule has 0 aliphatic rings. The molecule has 0 aromatic heterocycles. The minimum Gasteiger partial charge on any atom is -1.00 e. The molecule has 0 fully saturated rings. The van der Waals surface area contributed by atoms with Gasteiger partial charge in [0.15, 0.2) is 0 Å². The standard InChI is InChI=1S/C13H15.C4H9O.2ClH.Zr/c1-9(2)12-6-4-5-11-7-10(3)8-13(11)12;1-2-3-4-5;;;/h4-9H,1-3H3;5H,1-4H2;2*1H;/q2*-1;;;+4/p-2. The smallest absolute Gasteiger partial charge is 1.00 e. The maximum Gasteiger partial charge on any atom is 4.00 e. The van der Waals surface area contributed by atoms with E-state index in [2.05, 4.69) is 58.0 Å². The van der Waals surface area contributed by atoms with Crippen molar-refractivity contribution >= 4 is 10.8 Å². The molecule has 4 heteroatoms. The van der Waals surface area contributed by atoms with Crippen LogP contribution in [0, 0.1) is 13.8 Å². The van der Waals surface area contributed by atoms with Gasteiger partial charge in [-0.15, -0.1) is 34.5 Å². The average Bonchev–Trinajstić information content (AvgIpc) is 2.70. The van der Waals surface area contributed by atoms with Crippen LogP contribution in [0.1, 0.15) is 43.7 Å². The second-order valence-electron chi connectivity index (χ2n) is 4.97. The molecule has 21 heavy (non-hydrogen) atoms. The van der Waals surface area contributed by atoms with E-state index < -0.39 is 0 Å². The number of benzene rings is 1. The molecule has 0 saturated heterocycles. The van der Waals surface area contributed by atoms with Crippen molar-refractivity contribution < 1.29 is 56.1 Å². The van der Waals surface area contributed by atoms with Crippen molar-refractivity contribution in [2.75, 3.05) is 6.61 Å². The molecule has 0 saturated carbocycles. The molecule has 116 valence electrons. The van der Waals surface area contributed by atoms with Crippen LogP contribution >= 0.6 is 0 Å². The quantitative estimate of drug-likeness (QED) is 0.621. The fourth-order valence-corrected chi connectivity index (χ4v) is 2.02. The van der Waals surface area contributed by atoms with Gasteiger partial charge in [-0.25, -0.2) is 0 Å². The Balaban J connectivity index is -0.000000360. The predicted octanol–water partition coefficient (Wildman–Crippen LogP) is -1.41. The van der Waals surface area contributed by atoms with Gasteiger partial charge in [-0.2, -0.15) is 12.5 Å². The number of hydrogen-bond donors (Lipinski definition) is 1. The first-order valence-corrected chi connectivity index (χ1v) is 6.66. The SMILES string of the molecule is Cc1cc2c(C(C)C)cccc2[cH-]1.[CH2-]CCCO.[Cl-].[Cl-].[Zr+4]. The Bertz CT molecular complexity index is 479. The molecule has 0 spiro atoms. The molecule has 0 aliphatic heterocycles. The van der Waals surface area contributed by atoms with Gasteiger partial charge in [-0.3, -0.25) is 0 Å². The third-order valence-corrected chi connectivity index (χ3v) is 2.96. The predicted molar refractivity (Wildman–Crippen MR) is 80.0 cm³/mol. The van der Waals surface area contributed by atoms with E-state index in [1.807, 2.05) is 0 Å². The molecule has 2 aromatic carbocycles. The Morgan fingerprint density at radius 3 is 2.29 bits per heavy atom. The number of unbranched alkanes of at least 4 members (excludes halogenated alkanes) is 1. The molecule has 0 bridgehead atoms. The molecule has 0 unspecified atom stereocenters. The van der Waals surface area contributed by atoms with Crippen LogP contribution in [0.2, 0.25) is 0 Å². The zero-order chi connectivity index (χ0) is 13.5. The minimum absolute atomic E-state index is 0. The van der Waals surface area contributed by atoms with Crippen molar-refractivity contribution in [1.29, 1.82) is 0 Å². The van der Waals surface area contributed by atoms with Gasteiger partial charge in [-0.05, 0) is 5.92 Å². The zero-order valence-corrected chi connectivity index (χ0v) is 17.0. The fraction of sp³-hybridized carbons (Fsp3) is 0.412. The minimum atomic E-state index is 0. The van der Waals surface area contributed by atoms with E-state index in [0.29, 0.717) is 5.92 Å². The van der Waals surface area contributed by atoms with E-state index >= 15 is 0 Å². The van der Waals surface area contributed by atoms with Gasteiger partial charge < -0.3 is 36.8 Å². The molecule has 1 nitrogen and oxygen atoms in total. The number of hydrogen-bond acceptors (Lipinski definition) is 1. The third-order valence-electron chi connectivity index (χ3n) is 2.96. The Kier molecular flexibility index (Phi) is 17.3. The summed E-state index contributed by atoms with van der Waals surface area (Å²) in [5.74, 6) is 0.616. The molecule has 0 radical (unpaired) electrons. The second kappa shape index (κ2) is 13.9. The summed E-state index contributed by atoms with van der Waals surface area (Å²) in [4.78, 5) is 0. The van der Waals surface area contributed by atoms with Crippen LogP contribution in [-0.4, -0.2) is 11.7 Å². The number of aliphatic hydroxyl groups is 1. The topological polar surface area (TPSA) is 20.2 Å². The molecule has 0 amide bonds. The summed E-state index contributed by atoms with van der Waals surface area (Å²) in [6.07, 6.45) is 1.68. The number of halogens is 2. The molecule has 0 aliphatic carbocycles. The summed E-state index contributed by atoms with van der Waals surface area (Å²) in [6.45, 7) is 10.4. The van der Waals surface area contributed by atoms with Crippen molar-refractivity contribution in [2.45, 2.75) is 39.5 Å². The Morgan fingerprint density at radius 1 is 1.24 bits per heavy atom. The van der Waals surface area contributed by atoms with E-state index in [1.165, 1.54) is 21.9 Å². The molecule has 1 N–H and O–H groups in total. The number of aryl methyl sites for hydroxylation is 1. The second-order valence-corrected chi connectivity index (χ2v) is 4.97. The number of fused-ring (bicyclic) bond motifs is 1. The van der Waals surface area contributed by atoms with Crippen LogP contribution in [0.15, 0.2) is 30.3 Å². The third kappa shape index (κ3) is 8.45. The molecular weight excluding hydrogens is 382 g/mol. The normalized spacial score (nSPS) is 9.05. The van der Waals surface area contributed by atoms with Crippen molar-refractivity contribution in [1.82, 2.24) is 0 Å². The van der Waals surface area contributed by atoms with Gasteiger partial charge >= 0.3 is 26.2 Å². The van der Waals surface area contributed by atoms with Gasteiger partial charge in [0, 0.05) is 6.61 Å². The van der Waals surface area contributed by atoms with E-state index in [4.69, 9.17) is 5.11 Å². The van der Waals surface area contributed by atoms with E-state index in [-0.39, 0.29) is 57.6 Å². The van der Waals surface area contributed by atoms with Gasteiger partial charge in [0.1, 0.15) is 0 Å². The fourth-order valence-electron chi connectivity index (χ4n) is 2.02. The first-order chi connectivity index (χ1) is 8.60. The summed E-state index contributed by atoms with van der Waals surface area (Å²) in [5, 5.41) is 10.8. The van der Waals surface area contributed by atoms with Crippen LogP contribution in [-0.2, 0) is 26.2 Å². The summed E-state index contributed by atoms with van der Waals surface area (Å²) in [6, 6.07) is 11.1. The van der Waals surface area contributed by atoms with Crippen LogP contribution in [0.3, 0.4) is 0 Å². The van der Waals surface area contributed by atoms with Crippen LogP contribution < -0.4 is 24.8 Å². The molecule has 2 aromatic rings. The first kappa shape index (κ1) is 26.2. The molecule has 2 rings (SSSR count).